The van der Waals surface area contributed by atoms with Gasteiger partial charge in [-0.05, 0) is 25.3 Å². The molecule has 20 heavy (non-hydrogen) atoms. The van der Waals surface area contributed by atoms with Gasteiger partial charge < -0.3 is 0 Å². The van der Waals surface area contributed by atoms with Crippen molar-refractivity contribution in [3.8, 4) is 11.1 Å². The number of hydrogen-bond donors (Lipinski definition) is 0. The molecule has 0 atom stereocenters. The molecule has 0 amide bonds. The highest BCUT2D eigenvalue weighted by molar-refractivity contribution is 5.69. The minimum absolute atomic E-state index is 0.688. The summed E-state index contributed by atoms with van der Waals surface area (Å²) in [6.45, 7) is 4.25. The van der Waals surface area contributed by atoms with Crippen molar-refractivity contribution in [1.82, 2.24) is 19.6 Å². The fourth-order valence-corrected chi connectivity index (χ4v) is 2.58. The van der Waals surface area contributed by atoms with Crippen LogP contribution in [0.1, 0.15) is 31.2 Å². The zero-order chi connectivity index (χ0) is 13.9. The lowest BCUT2D eigenvalue weighted by Gasteiger charge is -2.13. The van der Waals surface area contributed by atoms with Gasteiger partial charge in [0.15, 0.2) is 0 Å². The Hall–Kier alpha value is -2.23. The third-order valence-corrected chi connectivity index (χ3v) is 3.53. The molecule has 0 fully saturated rings. The van der Waals surface area contributed by atoms with Gasteiger partial charge in [0.2, 0.25) is 0 Å². The number of fused-ring (bicyclic) bond motifs is 1. The molecule has 0 unspecified atom stereocenters. The van der Waals surface area contributed by atoms with E-state index in [1.54, 1.807) is 6.33 Å². The van der Waals surface area contributed by atoms with E-state index in [4.69, 9.17) is 0 Å². The van der Waals surface area contributed by atoms with Gasteiger partial charge in [-0.1, -0.05) is 43.7 Å². The standard InChI is InChI=1S/C16H18N4/c1-3-4-10-14-15(13-8-6-5-7-9-13)12(2)19-16-17-11-18-20(14)16/h5-9,11H,3-4,10H2,1-2H3. The van der Waals surface area contributed by atoms with Crippen LogP contribution in [0.2, 0.25) is 0 Å². The second-order valence-corrected chi connectivity index (χ2v) is 4.96. The number of aromatic nitrogens is 4. The molecule has 3 aromatic rings. The summed E-state index contributed by atoms with van der Waals surface area (Å²) in [6.07, 6.45) is 4.86. The second kappa shape index (κ2) is 5.41. The lowest BCUT2D eigenvalue weighted by molar-refractivity contribution is 0.738. The van der Waals surface area contributed by atoms with Crippen molar-refractivity contribution in [2.24, 2.45) is 0 Å². The van der Waals surface area contributed by atoms with Gasteiger partial charge in [-0.3, -0.25) is 0 Å². The van der Waals surface area contributed by atoms with E-state index in [0.717, 1.165) is 25.0 Å². The average Bonchev–Trinajstić information content (AvgIpc) is 2.93. The van der Waals surface area contributed by atoms with E-state index >= 15 is 0 Å². The molecule has 2 aromatic heterocycles. The molecular formula is C16H18N4. The fraction of sp³-hybridized carbons (Fsp3) is 0.312. The van der Waals surface area contributed by atoms with Crippen LogP contribution in [-0.2, 0) is 6.42 Å². The highest BCUT2D eigenvalue weighted by Crippen LogP contribution is 2.27. The summed E-state index contributed by atoms with van der Waals surface area (Å²) in [7, 11) is 0. The molecule has 0 spiro atoms. The number of nitrogens with zero attached hydrogens (tertiary/aromatic N) is 4. The maximum absolute atomic E-state index is 4.57. The van der Waals surface area contributed by atoms with E-state index in [-0.39, 0.29) is 0 Å². The molecule has 0 bridgehead atoms. The molecule has 0 radical (unpaired) electrons. The number of hydrogen-bond acceptors (Lipinski definition) is 3. The maximum Gasteiger partial charge on any atom is 0.252 e. The first-order valence-electron chi connectivity index (χ1n) is 7.06. The molecule has 0 aliphatic heterocycles. The van der Waals surface area contributed by atoms with Crippen LogP contribution in [-0.4, -0.2) is 19.6 Å². The van der Waals surface area contributed by atoms with Gasteiger partial charge in [0, 0.05) is 5.56 Å². The zero-order valence-corrected chi connectivity index (χ0v) is 11.9. The van der Waals surface area contributed by atoms with Crippen molar-refractivity contribution in [3.05, 3.63) is 48.0 Å². The zero-order valence-electron chi connectivity index (χ0n) is 11.9. The molecule has 0 saturated carbocycles. The first kappa shape index (κ1) is 12.8. The molecule has 2 heterocycles. The average molecular weight is 266 g/mol. The Morgan fingerprint density at radius 3 is 2.70 bits per heavy atom. The van der Waals surface area contributed by atoms with Gasteiger partial charge in [0.1, 0.15) is 6.33 Å². The van der Waals surface area contributed by atoms with E-state index < -0.39 is 0 Å². The van der Waals surface area contributed by atoms with Crippen molar-refractivity contribution in [3.63, 3.8) is 0 Å². The van der Waals surface area contributed by atoms with Crippen molar-refractivity contribution in [2.75, 3.05) is 0 Å². The highest BCUT2D eigenvalue weighted by Gasteiger charge is 2.15. The molecule has 0 N–H and O–H groups in total. The molecule has 0 aliphatic carbocycles. The number of benzene rings is 1. The van der Waals surface area contributed by atoms with Crippen LogP contribution in [0.15, 0.2) is 36.7 Å². The Morgan fingerprint density at radius 2 is 1.95 bits per heavy atom. The van der Waals surface area contributed by atoms with E-state index in [2.05, 4.69) is 46.3 Å². The summed E-state index contributed by atoms with van der Waals surface area (Å²) in [5, 5.41) is 4.34. The maximum atomic E-state index is 4.57. The molecule has 0 saturated heterocycles. The van der Waals surface area contributed by atoms with Crippen molar-refractivity contribution in [1.29, 1.82) is 0 Å². The first-order valence-corrected chi connectivity index (χ1v) is 7.06. The van der Waals surface area contributed by atoms with Crippen LogP contribution < -0.4 is 0 Å². The Labute approximate surface area is 118 Å². The van der Waals surface area contributed by atoms with E-state index in [9.17, 15) is 0 Å². The largest absolute Gasteiger partial charge is 0.252 e. The summed E-state index contributed by atoms with van der Waals surface area (Å²) in [5.74, 6) is 0.688. The van der Waals surface area contributed by atoms with Gasteiger partial charge in [-0.2, -0.15) is 10.1 Å². The van der Waals surface area contributed by atoms with Crippen molar-refractivity contribution >= 4 is 5.78 Å². The van der Waals surface area contributed by atoms with Crippen LogP contribution >= 0.6 is 0 Å². The summed E-state index contributed by atoms with van der Waals surface area (Å²) in [6, 6.07) is 10.4. The third kappa shape index (κ3) is 2.18. The minimum atomic E-state index is 0.688. The Bertz CT molecular complexity index is 716. The van der Waals surface area contributed by atoms with E-state index in [0.29, 0.717) is 5.78 Å². The van der Waals surface area contributed by atoms with Gasteiger partial charge in [-0.15, -0.1) is 0 Å². The molecule has 0 aliphatic rings. The quantitative estimate of drug-likeness (QED) is 0.726. The first-order chi connectivity index (χ1) is 9.81. The molecular weight excluding hydrogens is 248 g/mol. The number of aryl methyl sites for hydroxylation is 2. The lowest BCUT2D eigenvalue weighted by Crippen LogP contribution is -2.06. The van der Waals surface area contributed by atoms with Gasteiger partial charge >= 0.3 is 0 Å². The normalized spacial score (nSPS) is 11.1. The van der Waals surface area contributed by atoms with Gasteiger partial charge in [-0.25, -0.2) is 9.50 Å². The van der Waals surface area contributed by atoms with E-state index in [1.165, 1.54) is 16.8 Å². The van der Waals surface area contributed by atoms with Crippen LogP contribution in [0.25, 0.3) is 16.9 Å². The summed E-state index contributed by atoms with van der Waals surface area (Å²) < 4.78 is 1.88. The third-order valence-electron chi connectivity index (χ3n) is 3.53. The van der Waals surface area contributed by atoms with Crippen LogP contribution in [0.5, 0.6) is 0 Å². The molecule has 1 aromatic carbocycles. The van der Waals surface area contributed by atoms with Crippen LogP contribution in [0.4, 0.5) is 0 Å². The molecule has 3 rings (SSSR count). The van der Waals surface area contributed by atoms with Gasteiger partial charge in [0.05, 0.1) is 11.4 Å². The Balaban J connectivity index is 2.25. The summed E-state index contributed by atoms with van der Waals surface area (Å²) in [5.41, 5.74) is 4.61. The number of unbranched alkanes of at least 4 members (excludes halogenated alkanes) is 1. The number of rotatable bonds is 4. The predicted octanol–water partition coefficient (Wildman–Crippen LogP) is 3.44. The van der Waals surface area contributed by atoms with Crippen LogP contribution in [0.3, 0.4) is 0 Å². The monoisotopic (exact) mass is 266 g/mol. The van der Waals surface area contributed by atoms with Crippen molar-refractivity contribution < 1.29 is 0 Å². The van der Waals surface area contributed by atoms with E-state index in [1.807, 2.05) is 17.5 Å². The predicted molar refractivity (Wildman–Crippen MR) is 79.6 cm³/mol. The summed E-state index contributed by atoms with van der Waals surface area (Å²) >= 11 is 0. The molecule has 102 valence electrons. The Morgan fingerprint density at radius 1 is 1.15 bits per heavy atom. The minimum Gasteiger partial charge on any atom is -0.216 e. The Kier molecular flexibility index (Phi) is 3.46. The second-order valence-electron chi connectivity index (χ2n) is 4.96. The summed E-state index contributed by atoms with van der Waals surface area (Å²) in [4.78, 5) is 8.79. The topological polar surface area (TPSA) is 43.1 Å². The SMILES string of the molecule is CCCCc1c(-c2ccccc2)c(C)nc2ncnn12. The van der Waals surface area contributed by atoms with Crippen molar-refractivity contribution in [2.45, 2.75) is 33.1 Å². The lowest BCUT2D eigenvalue weighted by atomic mass is 9.99. The van der Waals surface area contributed by atoms with Crippen LogP contribution in [0, 0.1) is 6.92 Å². The molecule has 4 heteroatoms. The highest BCUT2D eigenvalue weighted by atomic mass is 15.3. The van der Waals surface area contributed by atoms with Gasteiger partial charge in [0.25, 0.3) is 5.78 Å². The smallest absolute Gasteiger partial charge is 0.216 e. The fourth-order valence-electron chi connectivity index (χ4n) is 2.58. The molecule has 4 nitrogen and oxygen atoms in total.